The van der Waals surface area contributed by atoms with Crippen molar-refractivity contribution in [2.45, 2.75) is 32.6 Å². The lowest BCUT2D eigenvalue weighted by atomic mass is 10.1. The largest absolute Gasteiger partial charge is 0.318 e. The van der Waals surface area contributed by atoms with Gasteiger partial charge in [-0.2, -0.15) is 5.10 Å². The second-order valence-electron chi connectivity index (χ2n) is 9.10. The highest BCUT2D eigenvalue weighted by molar-refractivity contribution is 7.92. The molecule has 38 heavy (non-hydrogen) atoms. The summed E-state index contributed by atoms with van der Waals surface area (Å²) < 4.78 is 43.2. The van der Waals surface area contributed by atoms with Crippen molar-refractivity contribution < 1.29 is 17.6 Å². The fourth-order valence-electron chi connectivity index (χ4n) is 4.38. The molecule has 0 saturated heterocycles. The Morgan fingerprint density at radius 3 is 2.21 bits per heavy atom. The van der Waals surface area contributed by atoms with Gasteiger partial charge in [0.1, 0.15) is 12.4 Å². The third-order valence-corrected chi connectivity index (χ3v) is 7.85. The van der Waals surface area contributed by atoms with Gasteiger partial charge in [0, 0.05) is 22.6 Å². The molecule has 0 atom stereocenters. The Bertz CT molecular complexity index is 1570. The lowest BCUT2D eigenvalue weighted by molar-refractivity contribution is -0.119. The molecule has 1 heterocycles. The van der Waals surface area contributed by atoms with Gasteiger partial charge in [-0.3, -0.25) is 9.10 Å². The first kappa shape index (κ1) is 26.8. The van der Waals surface area contributed by atoms with Crippen molar-refractivity contribution in [2.24, 2.45) is 5.10 Å². The maximum atomic E-state index is 13.5. The number of rotatable bonds is 8. The Balaban J connectivity index is 1.55. The Labute approximate surface area is 222 Å². The third-order valence-electron chi connectivity index (χ3n) is 6.06. The van der Waals surface area contributed by atoms with Crippen molar-refractivity contribution in [3.63, 3.8) is 0 Å². The SMILES string of the molecule is Cc1cc(C)cc(-n2c(C)cc(/C=N\NC(=O)CN(c3ccc(F)cc3)S(=O)(=O)c3ccccc3)c2C)c1. The summed E-state index contributed by atoms with van der Waals surface area (Å²) in [5.41, 5.74) is 8.71. The minimum Gasteiger partial charge on any atom is -0.318 e. The van der Waals surface area contributed by atoms with Gasteiger partial charge in [-0.15, -0.1) is 0 Å². The van der Waals surface area contributed by atoms with Gasteiger partial charge in [0.05, 0.1) is 16.8 Å². The number of amides is 1. The van der Waals surface area contributed by atoms with Crippen LogP contribution in [0.1, 0.15) is 28.1 Å². The quantitative estimate of drug-likeness (QED) is 0.250. The van der Waals surface area contributed by atoms with Crippen LogP contribution in [0.5, 0.6) is 0 Å². The minimum atomic E-state index is -4.09. The summed E-state index contributed by atoms with van der Waals surface area (Å²) in [6.45, 7) is 7.53. The summed E-state index contributed by atoms with van der Waals surface area (Å²) in [6, 6.07) is 21.0. The summed E-state index contributed by atoms with van der Waals surface area (Å²) in [5.74, 6) is -1.16. The fourth-order valence-corrected chi connectivity index (χ4v) is 5.82. The van der Waals surface area contributed by atoms with Crippen LogP contribution >= 0.6 is 0 Å². The van der Waals surface area contributed by atoms with E-state index in [9.17, 15) is 17.6 Å². The van der Waals surface area contributed by atoms with Crippen molar-refractivity contribution in [2.75, 3.05) is 10.8 Å². The zero-order valence-corrected chi connectivity index (χ0v) is 22.5. The molecule has 1 amide bonds. The number of anilines is 1. The Hall–Kier alpha value is -4.24. The Morgan fingerprint density at radius 1 is 0.947 bits per heavy atom. The topological polar surface area (TPSA) is 83.8 Å². The maximum Gasteiger partial charge on any atom is 0.264 e. The number of benzene rings is 3. The van der Waals surface area contributed by atoms with Crippen LogP contribution in [0.15, 0.2) is 88.9 Å². The number of nitrogens with one attached hydrogen (secondary N) is 1. The van der Waals surface area contributed by atoms with Gasteiger partial charge in [-0.05, 0) is 93.4 Å². The van der Waals surface area contributed by atoms with E-state index in [2.05, 4.69) is 47.1 Å². The van der Waals surface area contributed by atoms with Crippen LogP contribution in [-0.4, -0.2) is 31.7 Å². The van der Waals surface area contributed by atoms with E-state index in [1.54, 1.807) is 18.2 Å². The van der Waals surface area contributed by atoms with E-state index >= 15 is 0 Å². The highest BCUT2D eigenvalue weighted by atomic mass is 32.2. The second kappa shape index (κ2) is 11.0. The number of aromatic nitrogens is 1. The molecule has 7 nitrogen and oxygen atoms in total. The van der Waals surface area contributed by atoms with Gasteiger partial charge in [0.2, 0.25) is 0 Å². The first-order chi connectivity index (χ1) is 18.1. The molecule has 196 valence electrons. The van der Waals surface area contributed by atoms with E-state index in [0.29, 0.717) is 0 Å². The highest BCUT2D eigenvalue weighted by Crippen LogP contribution is 2.24. The van der Waals surface area contributed by atoms with Crippen LogP contribution < -0.4 is 9.73 Å². The van der Waals surface area contributed by atoms with Gasteiger partial charge in [-0.1, -0.05) is 24.3 Å². The van der Waals surface area contributed by atoms with E-state index in [1.165, 1.54) is 30.5 Å². The second-order valence-corrected chi connectivity index (χ2v) is 11.0. The molecule has 9 heteroatoms. The van der Waals surface area contributed by atoms with Gasteiger partial charge in [-0.25, -0.2) is 18.2 Å². The molecule has 4 aromatic rings. The molecule has 0 fully saturated rings. The van der Waals surface area contributed by atoms with Crippen LogP contribution in [0.4, 0.5) is 10.1 Å². The van der Waals surface area contributed by atoms with Crippen LogP contribution in [0, 0.1) is 33.5 Å². The number of hydrogen-bond donors (Lipinski definition) is 1. The zero-order chi connectivity index (χ0) is 27.4. The number of carbonyl (C=O) groups is 1. The number of sulfonamides is 1. The van der Waals surface area contributed by atoms with Crippen molar-refractivity contribution in [1.29, 1.82) is 0 Å². The average molecular weight is 533 g/mol. The van der Waals surface area contributed by atoms with Crippen molar-refractivity contribution in [3.05, 3.63) is 113 Å². The summed E-state index contributed by atoms with van der Waals surface area (Å²) in [7, 11) is -4.09. The summed E-state index contributed by atoms with van der Waals surface area (Å²) >= 11 is 0. The summed E-state index contributed by atoms with van der Waals surface area (Å²) in [5, 5.41) is 4.08. The number of aryl methyl sites for hydroxylation is 3. The first-order valence-corrected chi connectivity index (χ1v) is 13.4. The molecule has 0 radical (unpaired) electrons. The Kier molecular flexibility index (Phi) is 7.78. The molecule has 0 aliphatic carbocycles. The maximum absolute atomic E-state index is 13.5. The summed E-state index contributed by atoms with van der Waals surface area (Å²) in [4.78, 5) is 12.8. The van der Waals surface area contributed by atoms with E-state index in [0.717, 1.165) is 50.2 Å². The standard InChI is InChI=1S/C29H29FN4O3S/c1-20-14-21(2)16-27(15-20)34-22(3)17-24(23(34)4)18-31-32-29(35)19-33(26-12-10-25(30)11-13-26)38(36,37)28-8-6-5-7-9-28/h5-18H,19H2,1-4H3,(H,32,35)/b31-18-. The molecule has 3 aromatic carbocycles. The molecule has 4 rings (SSSR count). The van der Waals surface area contributed by atoms with E-state index in [1.807, 2.05) is 19.9 Å². The number of hydrazone groups is 1. The molecule has 0 aliphatic heterocycles. The van der Waals surface area contributed by atoms with E-state index in [-0.39, 0.29) is 10.6 Å². The lowest BCUT2D eigenvalue weighted by Gasteiger charge is -2.23. The number of carbonyl (C=O) groups excluding carboxylic acids is 1. The van der Waals surface area contributed by atoms with Crippen molar-refractivity contribution >= 4 is 27.8 Å². The average Bonchev–Trinajstić information content (AvgIpc) is 3.15. The van der Waals surface area contributed by atoms with Gasteiger partial charge < -0.3 is 4.57 Å². The summed E-state index contributed by atoms with van der Waals surface area (Å²) in [6.07, 6.45) is 1.54. The van der Waals surface area contributed by atoms with Crippen LogP contribution in [0.2, 0.25) is 0 Å². The number of hydrogen-bond acceptors (Lipinski definition) is 4. The van der Waals surface area contributed by atoms with Crippen LogP contribution in [-0.2, 0) is 14.8 Å². The third kappa shape index (κ3) is 5.84. The van der Waals surface area contributed by atoms with Gasteiger partial charge in [0.15, 0.2) is 0 Å². The Morgan fingerprint density at radius 2 is 1.58 bits per heavy atom. The molecule has 1 N–H and O–H groups in total. The van der Waals surface area contributed by atoms with Crippen LogP contribution in [0.3, 0.4) is 0 Å². The van der Waals surface area contributed by atoms with E-state index < -0.39 is 28.3 Å². The molecule has 0 aliphatic rings. The predicted octanol–water partition coefficient (Wildman–Crippen LogP) is 5.20. The molecule has 0 spiro atoms. The fraction of sp³-hybridized carbons (Fsp3) is 0.172. The van der Waals surface area contributed by atoms with Gasteiger partial charge >= 0.3 is 0 Å². The molecule has 1 aromatic heterocycles. The van der Waals surface area contributed by atoms with Crippen molar-refractivity contribution in [3.8, 4) is 5.69 Å². The molecule has 0 bridgehead atoms. The highest BCUT2D eigenvalue weighted by Gasteiger charge is 2.27. The lowest BCUT2D eigenvalue weighted by Crippen LogP contribution is -2.39. The molecule has 0 unspecified atom stereocenters. The minimum absolute atomic E-state index is 0.0134. The monoisotopic (exact) mass is 532 g/mol. The number of halogens is 1. The van der Waals surface area contributed by atoms with Crippen molar-refractivity contribution in [1.82, 2.24) is 9.99 Å². The molecular weight excluding hydrogens is 503 g/mol. The van der Waals surface area contributed by atoms with Crippen LogP contribution in [0.25, 0.3) is 5.69 Å². The molecular formula is C29H29FN4O3S. The normalized spacial score (nSPS) is 11.6. The zero-order valence-electron chi connectivity index (χ0n) is 21.6. The first-order valence-electron chi connectivity index (χ1n) is 12.0. The van der Waals surface area contributed by atoms with Gasteiger partial charge in [0.25, 0.3) is 15.9 Å². The number of nitrogens with zero attached hydrogens (tertiary/aromatic N) is 3. The smallest absolute Gasteiger partial charge is 0.264 e. The predicted molar refractivity (Wildman–Crippen MR) is 148 cm³/mol. The molecule has 0 saturated carbocycles. The van der Waals surface area contributed by atoms with E-state index in [4.69, 9.17) is 0 Å².